The van der Waals surface area contributed by atoms with E-state index in [-0.39, 0.29) is 11.7 Å². The van der Waals surface area contributed by atoms with Gasteiger partial charge in [0.1, 0.15) is 0 Å². The Morgan fingerprint density at radius 1 is 1.29 bits per heavy atom. The monoisotopic (exact) mass is 280 g/mol. The largest absolute Gasteiger partial charge is 0.316 e. The lowest BCUT2D eigenvalue weighted by Crippen LogP contribution is -2.45. The Kier molecular flexibility index (Phi) is 4.57. The molecule has 0 amide bonds. The van der Waals surface area contributed by atoms with Crippen molar-refractivity contribution in [3.63, 3.8) is 0 Å². The average Bonchev–Trinajstić information content (AvgIpc) is 2.30. The molecule has 1 N–H and O–H groups in total. The van der Waals surface area contributed by atoms with E-state index in [1.807, 2.05) is 0 Å². The van der Waals surface area contributed by atoms with E-state index >= 15 is 0 Å². The van der Waals surface area contributed by atoms with Gasteiger partial charge in [0.05, 0.1) is 5.75 Å². The molecule has 2 rings (SSSR count). The number of rotatable bonds is 3. The Balaban J connectivity index is 1.91. The maximum atomic E-state index is 12.2. The molecule has 2 aliphatic heterocycles. The molecule has 5 nitrogen and oxygen atoms in total. The first kappa shape index (κ1) is 13.5. The molecule has 0 aromatic heterocycles. The van der Waals surface area contributed by atoms with Crippen LogP contribution in [0.5, 0.6) is 0 Å². The van der Waals surface area contributed by atoms with E-state index < -0.39 is 20.8 Å². The van der Waals surface area contributed by atoms with Crippen molar-refractivity contribution < 1.29 is 12.6 Å². The van der Waals surface area contributed by atoms with Crippen LogP contribution in [0.4, 0.5) is 0 Å². The predicted molar refractivity (Wildman–Crippen MR) is 68.8 cm³/mol. The Labute approximate surface area is 105 Å². The molecule has 17 heavy (non-hydrogen) atoms. The van der Waals surface area contributed by atoms with Crippen LogP contribution in [0.25, 0.3) is 0 Å². The van der Waals surface area contributed by atoms with Crippen LogP contribution in [0.15, 0.2) is 0 Å². The van der Waals surface area contributed by atoms with Gasteiger partial charge in [-0.1, -0.05) is 0 Å². The van der Waals surface area contributed by atoms with Gasteiger partial charge in [-0.2, -0.15) is 0 Å². The van der Waals surface area contributed by atoms with Crippen molar-refractivity contribution in [1.29, 1.82) is 0 Å². The maximum Gasteiger partial charge on any atom is 0.214 e. The van der Waals surface area contributed by atoms with E-state index in [1.54, 1.807) is 0 Å². The Morgan fingerprint density at radius 2 is 2.00 bits per heavy atom. The second-order valence-electron chi connectivity index (χ2n) is 4.74. The highest BCUT2D eigenvalue weighted by atomic mass is 32.2. The van der Waals surface area contributed by atoms with Gasteiger partial charge in [-0.05, 0) is 31.8 Å². The molecule has 0 aromatic rings. The van der Waals surface area contributed by atoms with Crippen LogP contribution in [0, 0.1) is 5.92 Å². The predicted octanol–water partition coefficient (Wildman–Crippen LogP) is -0.620. The van der Waals surface area contributed by atoms with E-state index in [0.29, 0.717) is 24.6 Å². The van der Waals surface area contributed by atoms with E-state index in [0.717, 1.165) is 25.9 Å². The fourth-order valence-corrected chi connectivity index (χ4v) is 5.48. The summed E-state index contributed by atoms with van der Waals surface area (Å²) in [5, 5.41) is 3.24. The molecule has 0 bridgehead atoms. The normalized spacial score (nSPS) is 29.3. The summed E-state index contributed by atoms with van der Waals surface area (Å²) in [5.41, 5.74) is 0. The molecular weight excluding hydrogens is 260 g/mol. The molecule has 0 aromatic carbocycles. The molecule has 1 unspecified atom stereocenters. The molecule has 0 spiro atoms. The minimum atomic E-state index is -3.15. The van der Waals surface area contributed by atoms with Gasteiger partial charge in [0.2, 0.25) is 10.0 Å². The fourth-order valence-electron chi connectivity index (χ4n) is 2.37. The Morgan fingerprint density at radius 3 is 2.59 bits per heavy atom. The molecule has 1 atom stereocenters. The van der Waals surface area contributed by atoms with Gasteiger partial charge < -0.3 is 5.32 Å². The summed E-state index contributed by atoms with van der Waals surface area (Å²) in [6.45, 7) is 2.66. The molecule has 2 aliphatic rings. The van der Waals surface area contributed by atoms with Gasteiger partial charge >= 0.3 is 0 Å². The number of nitrogens with zero attached hydrogens (tertiary/aromatic N) is 1. The Bertz CT molecular complexity index is 367. The van der Waals surface area contributed by atoms with E-state index in [1.165, 1.54) is 4.31 Å². The van der Waals surface area contributed by atoms with E-state index in [9.17, 15) is 12.6 Å². The van der Waals surface area contributed by atoms with Gasteiger partial charge in [0.15, 0.2) is 0 Å². The van der Waals surface area contributed by atoms with Gasteiger partial charge in [-0.3, -0.25) is 4.21 Å². The van der Waals surface area contributed by atoms with Gasteiger partial charge in [0, 0.05) is 35.4 Å². The van der Waals surface area contributed by atoms with Crippen LogP contribution >= 0.6 is 0 Å². The highest BCUT2D eigenvalue weighted by molar-refractivity contribution is 7.89. The summed E-state index contributed by atoms with van der Waals surface area (Å²) < 4.78 is 37.0. The maximum absolute atomic E-state index is 12.2. The first-order valence-corrected chi connectivity index (χ1v) is 9.21. The summed E-state index contributed by atoms with van der Waals surface area (Å²) in [6.07, 6.45) is 2.05. The van der Waals surface area contributed by atoms with Crippen LogP contribution in [0.1, 0.15) is 12.8 Å². The molecule has 2 saturated heterocycles. The minimum Gasteiger partial charge on any atom is -0.316 e. The summed E-state index contributed by atoms with van der Waals surface area (Å²) in [5.74, 6) is 1.46. The van der Waals surface area contributed by atoms with Crippen LogP contribution < -0.4 is 5.32 Å². The minimum absolute atomic E-state index is 0.237. The van der Waals surface area contributed by atoms with Crippen molar-refractivity contribution in [1.82, 2.24) is 9.62 Å². The highest BCUT2D eigenvalue weighted by Crippen LogP contribution is 2.16. The van der Waals surface area contributed by atoms with Crippen LogP contribution in [-0.2, 0) is 20.8 Å². The zero-order valence-corrected chi connectivity index (χ0v) is 11.6. The smallest absolute Gasteiger partial charge is 0.214 e. The second-order valence-corrected chi connectivity index (χ2v) is 8.45. The number of piperidine rings is 1. The quantitative estimate of drug-likeness (QED) is 0.748. The summed E-state index contributed by atoms with van der Waals surface area (Å²) in [4.78, 5) is 0. The third-order valence-electron chi connectivity index (χ3n) is 3.38. The molecule has 7 heteroatoms. The summed E-state index contributed by atoms with van der Waals surface area (Å²) >= 11 is 0. The van der Waals surface area contributed by atoms with Gasteiger partial charge in [-0.25, -0.2) is 12.7 Å². The number of hydrogen-bond donors (Lipinski definition) is 1. The lowest BCUT2D eigenvalue weighted by Gasteiger charge is -2.29. The van der Waals surface area contributed by atoms with Crippen LogP contribution in [-0.4, -0.2) is 60.4 Å². The van der Waals surface area contributed by atoms with Crippen molar-refractivity contribution in [3.05, 3.63) is 0 Å². The van der Waals surface area contributed by atoms with Gasteiger partial charge in [-0.15, -0.1) is 0 Å². The molecular formula is C10H20N2O3S2. The SMILES string of the molecule is O=S1CCN(S(=O)(=O)CC2CCCNC2)CC1. The van der Waals surface area contributed by atoms with Crippen molar-refractivity contribution in [3.8, 4) is 0 Å². The molecule has 0 radical (unpaired) electrons. The highest BCUT2D eigenvalue weighted by Gasteiger charge is 2.29. The molecule has 0 saturated carbocycles. The van der Waals surface area contributed by atoms with Crippen LogP contribution in [0.3, 0.4) is 0 Å². The zero-order valence-electron chi connectivity index (χ0n) is 9.93. The van der Waals surface area contributed by atoms with E-state index in [2.05, 4.69) is 5.32 Å². The van der Waals surface area contributed by atoms with Crippen LogP contribution in [0.2, 0.25) is 0 Å². The van der Waals surface area contributed by atoms with Crippen molar-refractivity contribution >= 4 is 20.8 Å². The molecule has 2 fully saturated rings. The Hall–Kier alpha value is 0.0200. The van der Waals surface area contributed by atoms with E-state index in [4.69, 9.17) is 0 Å². The third-order valence-corrected chi connectivity index (χ3v) is 6.70. The lowest BCUT2D eigenvalue weighted by molar-refractivity contribution is 0.385. The molecule has 2 heterocycles. The number of hydrogen-bond acceptors (Lipinski definition) is 4. The first-order chi connectivity index (χ1) is 8.08. The fraction of sp³-hybridized carbons (Fsp3) is 1.00. The molecule has 100 valence electrons. The third kappa shape index (κ3) is 3.74. The number of sulfonamides is 1. The lowest BCUT2D eigenvalue weighted by atomic mass is 10.0. The topological polar surface area (TPSA) is 66.5 Å². The van der Waals surface area contributed by atoms with Crippen molar-refractivity contribution in [2.75, 3.05) is 43.4 Å². The summed E-state index contributed by atoms with van der Waals surface area (Å²) in [6, 6.07) is 0. The second kappa shape index (κ2) is 5.77. The number of nitrogens with one attached hydrogen (secondary N) is 1. The van der Waals surface area contributed by atoms with Crippen molar-refractivity contribution in [2.24, 2.45) is 5.92 Å². The standard InChI is InChI=1S/C10H20N2O3S2/c13-16-6-4-12(5-7-16)17(14,15)9-10-2-1-3-11-8-10/h10-11H,1-9H2. The molecule has 0 aliphatic carbocycles. The van der Waals surface area contributed by atoms with Gasteiger partial charge in [0.25, 0.3) is 0 Å². The zero-order chi connectivity index (χ0) is 12.3. The first-order valence-electron chi connectivity index (χ1n) is 6.11. The summed E-state index contributed by atoms with van der Waals surface area (Å²) in [7, 11) is -3.97. The van der Waals surface area contributed by atoms with Crippen molar-refractivity contribution in [2.45, 2.75) is 12.8 Å². The average molecular weight is 280 g/mol.